The van der Waals surface area contributed by atoms with Crippen LogP contribution >= 0.6 is 0 Å². The standard InChI is InChI=1S/C23H31N3O6S2/c1-3-24-23(27)19-9-12-21(32-2)22(17-19)33(28,29)25-14-13-18-7-10-20(11-8-18)34(30,31)26-15-5-4-6-16-26/h7-12,17,25H,3-6,13-16H2,1-2H3,(H,24,27). The van der Waals surface area contributed by atoms with Crippen LogP contribution < -0.4 is 14.8 Å². The Morgan fingerprint density at radius 2 is 1.68 bits per heavy atom. The zero-order valence-electron chi connectivity index (χ0n) is 19.4. The van der Waals surface area contributed by atoms with Gasteiger partial charge in [-0.1, -0.05) is 18.6 Å². The highest BCUT2D eigenvalue weighted by molar-refractivity contribution is 7.89. The molecule has 0 spiro atoms. The van der Waals surface area contributed by atoms with Crippen molar-refractivity contribution < 1.29 is 26.4 Å². The van der Waals surface area contributed by atoms with Crippen LogP contribution in [0.1, 0.15) is 42.1 Å². The quantitative estimate of drug-likeness (QED) is 0.506. The van der Waals surface area contributed by atoms with E-state index in [2.05, 4.69) is 10.0 Å². The van der Waals surface area contributed by atoms with Crippen LogP contribution in [0.2, 0.25) is 0 Å². The molecule has 1 heterocycles. The third kappa shape index (κ3) is 6.15. The molecule has 1 fully saturated rings. The SMILES string of the molecule is CCNC(=O)c1ccc(OC)c(S(=O)(=O)NCCc2ccc(S(=O)(=O)N3CCCCC3)cc2)c1. The van der Waals surface area contributed by atoms with Crippen molar-refractivity contribution in [2.24, 2.45) is 0 Å². The van der Waals surface area contributed by atoms with Crippen LogP contribution in [0.4, 0.5) is 0 Å². The fourth-order valence-electron chi connectivity index (χ4n) is 3.78. The second-order valence-corrected chi connectivity index (χ2v) is 11.7. The van der Waals surface area contributed by atoms with Gasteiger partial charge in [-0.25, -0.2) is 21.6 Å². The molecule has 0 bridgehead atoms. The highest BCUT2D eigenvalue weighted by Crippen LogP contribution is 2.25. The molecule has 0 radical (unpaired) electrons. The van der Waals surface area contributed by atoms with Gasteiger partial charge in [-0.2, -0.15) is 4.31 Å². The average molecular weight is 510 g/mol. The molecule has 1 aliphatic heterocycles. The molecule has 0 unspecified atom stereocenters. The van der Waals surface area contributed by atoms with E-state index in [0.717, 1.165) is 24.8 Å². The maximum absolute atomic E-state index is 12.9. The fraction of sp³-hybridized carbons (Fsp3) is 0.435. The van der Waals surface area contributed by atoms with Gasteiger partial charge in [0.2, 0.25) is 20.0 Å². The Morgan fingerprint density at radius 3 is 2.29 bits per heavy atom. The van der Waals surface area contributed by atoms with Gasteiger partial charge in [0.25, 0.3) is 5.91 Å². The number of carbonyl (C=O) groups is 1. The Hall–Kier alpha value is -2.47. The summed E-state index contributed by atoms with van der Waals surface area (Å²) in [6.07, 6.45) is 3.15. The van der Waals surface area contributed by atoms with Crippen molar-refractivity contribution in [3.63, 3.8) is 0 Å². The molecule has 9 nitrogen and oxygen atoms in total. The lowest BCUT2D eigenvalue weighted by atomic mass is 10.2. The first-order valence-electron chi connectivity index (χ1n) is 11.2. The van der Waals surface area contributed by atoms with Crippen molar-refractivity contribution >= 4 is 26.0 Å². The number of hydrogen-bond donors (Lipinski definition) is 2. The summed E-state index contributed by atoms with van der Waals surface area (Å²) in [6.45, 7) is 3.36. The molecular formula is C23H31N3O6S2. The van der Waals surface area contributed by atoms with Crippen molar-refractivity contribution in [2.45, 2.75) is 42.4 Å². The summed E-state index contributed by atoms with van der Waals surface area (Å²) in [4.78, 5) is 12.2. The Bertz CT molecular complexity index is 1210. The lowest BCUT2D eigenvalue weighted by molar-refractivity contribution is 0.0955. The highest BCUT2D eigenvalue weighted by Gasteiger charge is 2.26. The molecule has 2 aromatic carbocycles. The number of amides is 1. The summed E-state index contributed by atoms with van der Waals surface area (Å²) < 4.78 is 60.5. The molecule has 2 N–H and O–H groups in total. The minimum absolute atomic E-state index is 0.0924. The van der Waals surface area contributed by atoms with Gasteiger partial charge in [0.1, 0.15) is 10.6 Å². The number of piperidine rings is 1. The maximum atomic E-state index is 12.9. The second-order valence-electron chi connectivity index (χ2n) is 7.98. The van der Waals surface area contributed by atoms with E-state index < -0.39 is 20.0 Å². The first-order valence-corrected chi connectivity index (χ1v) is 14.2. The van der Waals surface area contributed by atoms with Crippen molar-refractivity contribution in [3.8, 4) is 5.75 Å². The number of carbonyl (C=O) groups excluding carboxylic acids is 1. The van der Waals surface area contributed by atoms with Crippen molar-refractivity contribution in [3.05, 3.63) is 53.6 Å². The first kappa shape index (κ1) is 26.1. The molecule has 1 saturated heterocycles. The van der Waals surface area contributed by atoms with E-state index in [0.29, 0.717) is 26.1 Å². The monoisotopic (exact) mass is 509 g/mol. The number of benzene rings is 2. The van der Waals surface area contributed by atoms with Gasteiger partial charge >= 0.3 is 0 Å². The summed E-state index contributed by atoms with van der Waals surface area (Å²) >= 11 is 0. The van der Waals surface area contributed by atoms with Crippen LogP contribution in [0, 0.1) is 0 Å². The van der Waals surface area contributed by atoms with Gasteiger partial charge < -0.3 is 10.1 Å². The zero-order valence-corrected chi connectivity index (χ0v) is 21.0. The van der Waals surface area contributed by atoms with Gasteiger partial charge in [0, 0.05) is 31.7 Å². The van der Waals surface area contributed by atoms with Gasteiger partial charge in [-0.3, -0.25) is 4.79 Å². The Balaban J connectivity index is 1.67. The van der Waals surface area contributed by atoms with Crippen LogP contribution in [-0.2, 0) is 26.5 Å². The van der Waals surface area contributed by atoms with Gasteiger partial charge in [-0.15, -0.1) is 0 Å². The Kier molecular flexibility index (Phi) is 8.69. The van der Waals surface area contributed by atoms with E-state index in [4.69, 9.17) is 4.74 Å². The molecule has 0 atom stereocenters. The molecule has 34 heavy (non-hydrogen) atoms. The number of sulfonamides is 2. The van der Waals surface area contributed by atoms with Crippen molar-refractivity contribution in [2.75, 3.05) is 33.3 Å². The molecule has 11 heteroatoms. The summed E-state index contributed by atoms with van der Waals surface area (Å²) in [7, 11) is -6.09. The smallest absolute Gasteiger partial charge is 0.251 e. The molecule has 0 aliphatic carbocycles. The Labute approximate surface area is 201 Å². The third-order valence-corrected chi connectivity index (χ3v) is 9.03. The number of nitrogens with one attached hydrogen (secondary N) is 2. The highest BCUT2D eigenvalue weighted by atomic mass is 32.2. The van der Waals surface area contributed by atoms with Gasteiger partial charge in [0.15, 0.2) is 0 Å². The van der Waals surface area contributed by atoms with E-state index in [1.807, 2.05) is 0 Å². The second kappa shape index (κ2) is 11.3. The Morgan fingerprint density at radius 1 is 1.00 bits per heavy atom. The predicted octanol–water partition coefficient (Wildman–Crippen LogP) is 2.14. The number of nitrogens with zero attached hydrogens (tertiary/aromatic N) is 1. The van der Waals surface area contributed by atoms with Crippen molar-refractivity contribution in [1.29, 1.82) is 0 Å². The number of hydrogen-bond acceptors (Lipinski definition) is 6. The third-order valence-electron chi connectivity index (χ3n) is 5.63. The van der Waals surface area contributed by atoms with E-state index in [9.17, 15) is 21.6 Å². The topological polar surface area (TPSA) is 122 Å². The van der Waals surface area contributed by atoms with Crippen molar-refractivity contribution in [1.82, 2.24) is 14.3 Å². The van der Waals surface area contributed by atoms with Gasteiger partial charge in [-0.05, 0) is 62.1 Å². The molecule has 3 rings (SSSR count). The van der Waals surface area contributed by atoms with Crippen LogP contribution in [0.5, 0.6) is 5.75 Å². The molecule has 2 aromatic rings. The van der Waals surface area contributed by atoms with E-state index >= 15 is 0 Å². The van der Waals surface area contributed by atoms with Crippen LogP contribution in [0.25, 0.3) is 0 Å². The lowest BCUT2D eigenvalue weighted by Gasteiger charge is -2.25. The number of rotatable bonds is 10. The molecule has 0 aromatic heterocycles. The normalized spacial score (nSPS) is 15.1. The molecule has 0 saturated carbocycles. The molecular weight excluding hydrogens is 478 g/mol. The molecule has 1 aliphatic rings. The minimum Gasteiger partial charge on any atom is -0.495 e. The molecule has 1 amide bonds. The fourth-order valence-corrected chi connectivity index (χ4v) is 6.52. The van der Waals surface area contributed by atoms with E-state index in [1.165, 1.54) is 29.6 Å². The van der Waals surface area contributed by atoms with Crippen LogP contribution in [0.15, 0.2) is 52.3 Å². The minimum atomic E-state index is -3.95. The summed E-state index contributed by atoms with van der Waals surface area (Å²) in [6, 6.07) is 10.7. The molecule has 186 valence electrons. The van der Waals surface area contributed by atoms with Crippen LogP contribution in [0.3, 0.4) is 0 Å². The first-order chi connectivity index (χ1) is 16.2. The van der Waals surface area contributed by atoms with Crippen LogP contribution in [-0.4, -0.2) is 60.3 Å². The zero-order chi connectivity index (χ0) is 24.8. The average Bonchev–Trinajstić information content (AvgIpc) is 2.84. The predicted molar refractivity (Wildman–Crippen MR) is 129 cm³/mol. The summed E-state index contributed by atoms with van der Waals surface area (Å²) in [5.74, 6) is -0.242. The lowest BCUT2D eigenvalue weighted by Crippen LogP contribution is -2.35. The number of methoxy groups -OCH3 is 1. The van der Waals surface area contributed by atoms with E-state index in [-0.39, 0.29) is 33.6 Å². The summed E-state index contributed by atoms with van der Waals surface area (Å²) in [5, 5.41) is 2.64. The van der Waals surface area contributed by atoms with E-state index in [1.54, 1.807) is 31.2 Å². The van der Waals surface area contributed by atoms with Gasteiger partial charge in [0.05, 0.1) is 12.0 Å². The maximum Gasteiger partial charge on any atom is 0.251 e. The number of ether oxygens (including phenoxy) is 1. The summed E-state index contributed by atoms with van der Waals surface area (Å²) in [5.41, 5.74) is 1.01. The largest absolute Gasteiger partial charge is 0.495 e.